The first-order chi connectivity index (χ1) is 15.7. The fourth-order valence-electron chi connectivity index (χ4n) is 3.91. The maximum Gasteiger partial charge on any atom is 0.268 e. The van der Waals surface area contributed by atoms with E-state index < -0.39 is 27.4 Å². The summed E-state index contributed by atoms with van der Waals surface area (Å²) in [5, 5.41) is 11.6. The van der Waals surface area contributed by atoms with Crippen molar-refractivity contribution in [1.82, 2.24) is 4.72 Å². The molecule has 0 spiro atoms. The quantitative estimate of drug-likeness (QED) is 0.577. The van der Waals surface area contributed by atoms with E-state index in [9.17, 15) is 23.1 Å². The van der Waals surface area contributed by atoms with Crippen LogP contribution in [0, 0.1) is 0 Å². The zero-order valence-corrected chi connectivity index (χ0v) is 18.8. The molecule has 2 amide bonds. The van der Waals surface area contributed by atoms with Crippen molar-refractivity contribution < 1.29 is 27.9 Å². The lowest BCUT2D eigenvalue weighted by Crippen LogP contribution is -2.41. The second-order valence-corrected chi connectivity index (χ2v) is 9.34. The number of methoxy groups -OCH3 is 1. The standard InChI is InChI=1S/C24H22N2O6S/c1-16(27)25-33(30,31)20-13-9-18(10-14-20)24(29)21-5-3-4-6-22(21)26(23(24)28)15-17-7-11-19(32-2)12-8-17/h3-14,29H,15H2,1-2H3,(H,25,27). The highest BCUT2D eigenvalue weighted by molar-refractivity contribution is 7.90. The number of nitrogens with one attached hydrogen (secondary N) is 1. The van der Waals surface area contributed by atoms with Crippen LogP contribution in [0.25, 0.3) is 0 Å². The van der Waals surface area contributed by atoms with Gasteiger partial charge in [-0.15, -0.1) is 0 Å². The van der Waals surface area contributed by atoms with Crippen LogP contribution in [0.5, 0.6) is 5.75 Å². The maximum atomic E-state index is 13.5. The van der Waals surface area contributed by atoms with Gasteiger partial charge >= 0.3 is 0 Å². The highest BCUT2D eigenvalue weighted by Crippen LogP contribution is 2.45. The van der Waals surface area contributed by atoms with Crippen LogP contribution in [-0.2, 0) is 31.8 Å². The van der Waals surface area contributed by atoms with Crippen molar-refractivity contribution in [3.05, 3.63) is 89.5 Å². The van der Waals surface area contributed by atoms with Gasteiger partial charge in [0.05, 0.1) is 24.2 Å². The van der Waals surface area contributed by atoms with Gasteiger partial charge in [0.2, 0.25) is 5.91 Å². The van der Waals surface area contributed by atoms with Crippen molar-refractivity contribution in [2.45, 2.75) is 24.0 Å². The zero-order chi connectivity index (χ0) is 23.8. The summed E-state index contributed by atoms with van der Waals surface area (Å²) in [6.45, 7) is 1.33. The Kier molecular flexibility index (Phi) is 5.69. The van der Waals surface area contributed by atoms with Gasteiger partial charge in [0.15, 0.2) is 5.60 Å². The number of carbonyl (C=O) groups excluding carboxylic acids is 2. The lowest BCUT2D eigenvalue weighted by atomic mass is 9.87. The van der Waals surface area contributed by atoms with Crippen molar-refractivity contribution in [2.75, 3.05) is 12.0 Å². The van der Waals surface area contributed by atoms with Crippen molar-refractivity contribution in [3.8, 4) is 5.75 Å². The number of sulfonamides is 1. The van der Waals surface area contributed by atoms with E-state index in [-0.39, 0.29) is 17.0 Å². The van der Waals surface area contributed by atoms with E-state index in [1.807, 2.05) is 16.9 Å². The second-order valence-electron chi connectivity index (χ2n) is 7.65. The molecule has 33 heavy (non-hydrogen) atoms. The molecule has 1 aliphatic heterocycles. The van der Waals surface area contributed by atoms with Gasteiger partial charge in [0, 0.05) is 12.5 Å². The zero-order valence-electron chi connectivity index (χ0n) is 18.0. The van der Waals surface area contributed by atoms with Crippen LogP contribution in [0.1, 0.15) is 23.6 Å². The lowest BCUT2D eigenvalue weighted by Gasteiger charge is -2.24. The van der Waals surface area contributed by atoms with Gasteiger partial charge in [-0.1, -0.05) is 42.5 Å². The lowest BCUT2D eigenvalue weighted by molar-refractivity contribution is -0.132. The third-order valence-corrected chi connectivity index (χ3v) is 6.95. The number of hydrogen-bond acceptors (Lipinski definition) is 6. The minimum atomic E-state index is -4.04. The number of ether oxygens (including phenoxy) is 1. The molecule has 4 rings (SSSR count). The van der Waals surface area contributed by atoms with Gasteiger partial charge in [-0.3, -0.25) is 9.59 Å². The molecule has 3 aromatic carbocycles. The number of hydrogen-bond donors (Lipinski definition) is 2. The number of fused-ring (bicyclic) bond motifs is 1. The van der Waals surface area contributed by atoms with Gasteiger partial charge in [-0.25, -0.2) is 13.1 Å². The number of aliphatic hydroxyl groups is 1. The number of anilines is 1. The molecule has 8 nitrogen and oxygen atoms in total. The van der Waals surface area contributed by atoms with Crippen LogP contribution in [0.2, 0.25) is 0 Å². The summed E-state index contributed by atoms with van der Waals surface area (Å²) in [7, 11) is -2.47. The molecule has 9 heteroatoms. The van der Waals surface area contributed by atoms with Gasteiger partial charge in [0.25, 0.3) is 15.9 Å². The van der Waals surface area contributed by atoms with Crippen molar-refractivity contribution >= 4 is 27.5 Å². The summed E-state index contributed by atoms with van der Waals surface area (Å²) >= 11 is 0. The van der Waals surface area contributed by atoms with Gasteiger partial charge < -0.3 is 14.7 Å². The van der Waals surface area contributed by atoms with Crippen LogP contribution in [0.15, 0.2) is 77.7 Å². The van der Waals surface area contributed by atoms with Crippen LogP contribution in [-0.4, -0.2) is 32.4 Å². The monoisotopic (exact) mass is 466 g/mol. The average Bonchev–Trinajstić information content (AvgIpc) is 3.02. The number of rotatable bonds is 6. The highest BCUT2D eigenvalue weighted by atomic mass is 32.2. The second kappa shape index (κ2) is 8.34. The molecule has 3 aromatic rings. The minimum Gasteiger partial charge on any atom is -0.497 e. The number of para-hydroxylation sites is 1. The van der Waals surface area contributed by atoms with Crippen LogP contribution in [0.4, 0.5) is 5.69 Å². The van der Waals surface area contributed by atoms with Gasteiger partial charge in [0.1, 0.15) is 5.75 Å². The molecule has 1 atom stereocenters. The molecule has 0 fully saturated rings. The Hall–Kier alpha value is -3.69. The Morgan fingerprint density at radius 1 is 1.03 bits per heavy atom. The predicted octanol–water partition coefficient (Wildman–Crippen LogP) is 2.30. The van der Waals surface area contributed by atoms with Crippen molar-refractivity contribution in [2.24, 2.45) is 0 Å². The Labute approximate surface area is 191 Å². The smallest absolute Gasteiger partial charge is 0.268 e. The summed E-state index contributed by atoms with van der Waals surface area (Å²) < 4.78 is 31.5. The Morgan fingerprint density at radius 2 is 1.67 bits per heavy atom. The average molecular weight is 467 g/mol. The highest BCUT2D eigenvalue weighted by Gasteiger charge is 2.50. The Bertz CT molecular complexity index is 1320. The third-order valence-electron chi connectivity index (χ3n) is 5.50. The van der Waals surface area contributed by atoms with E-state index in [1.54, 1.807) is 43.5 Å². The van der Waals surface area contributed by atoms with E-state index >= 15 is 0 Å². The normalized spacial score (nSPS) is 17.5. The molecule has 0 bridgehead atoms. The number of benzene rings is 3. The predicted molar refractivity (Wildman–Crippen MR) is 121 cm³/mol. The molecule has 170 valence electrons. The van der Waals surface area contributed by atoms with Crippen LogP contribution >= 0.6 is 0 Å². The third kappa shape index (κ3) is 3.96. The minimum absolute atomic E-state index is 0.154. The molecule has 1 aliphatic rings. The van der Waals surface area contributed by atoms with Crippen LogP contribution in [0.3, 0.4) is 0 Å². The Balaban J connectivity index is 1.71. The molecular formula is C24H22N2O6S. The summed E-state index contributed by atoms with van der Waals surface area (Å²) in [6, 6.07) is 19.5. The molecule has 0 saturated carbocycles. The maximum absolute atomic E-state index is 13.5. The molecule has 0 radical (unpaired) electrons. The number of carbonyl (C=O) groups is 2. The molecular weight excluding hydrogens is 444 g/mol. The summed E-state index contributed by atoms with van der Waals surface area (Å²) in [5.74, 6) is -0.568. The first-order valence-electron chi connectivity index (χ1n) is 10.1. The van der Waals surface area contributed by atoms with E-state index in [1.165, 1.54) is 29.2 Å². The van der Waals surface area contributed by atoms with Gasteiger partial charge in [-0.05, 0) is 41.5 Å². The van der Waals surface area contributed by atoms with E-state index in [0.29, 0.717) is 17.0 Å². The SMILES string of the molecule is COc1ccc(CN2C(=O)C(O)(c3ccc(S(=O)(=O)NC(C)=O)cc3)c3ccccc32)cc1. The molecule has 0 aliphatic carbocycles. The summed E-state index contributed by atoms with van der Waals surface area (Å²) in [6.07, 6.45) is 0. The summed E-state index contributed by atoms with van der Waals surface area (Å²) in [4.78, 5) is 26.0. The van der Waals surface area contributed by atoms with E-state index in [0.717, 1.165) is 12.5 Å². The molecule has 1 heterocycles. The molecule has 0 aromatic heterocycles. The molecule has 1 unspecified atom stereocenters. The number of nitrogens with zero attached hydrogens (tertiary/aromatic N) is 1. The largest absolute Gasteiger partial charge is 0.497 e. The topological polar surface area (TPSA) is 113 Å². The molecule has 0 saturated heterocycles. The Morgan fingerprint density at radius 3 is 2.27 bits per heavy atom. The fraction of sp³-hybridized carbons (Fsp3) is 0.167. The van der Waals surface area contributed by atoms with E-state index in [4.69, 9.17) is 4.74 Å². The molecule has 2 N–H and O–H groups in total. The van der Waals surface area contributed by atoms with Crippen molar-refractivity contribution in [1.29, 1.82) is 0 Å². The van der Waals surface area contributed by atoms with Crippen molar-refractivity contribution in [3.63, 3.8) is 0 Å². The first-order valence-corrected chi connectivity index (χ1v) is 11.6. The number of amides is 2. The van der Waals surface area contributed by atoms with Gasteiger partial charge in [-0.2, -0.15) is 0 Å². The first kappa shape index (κ1) is 22.5. The van der Waals surface area contributed by atoms with E-state index in [2.05, 4.69) is 0 Å². The van der Waals surface area contributed by atoms with Crippen LogP contribution < -0.4 is 14.4 Å². The fourth-order valence-corrected chi connectivity index (χ4v) is 4.90. The summed E-state index contributed by atoms with van der Waals surface area (Å²) in [5.41, 5.74) is 0.0509.